The van der Waals surface area contributed by atoms with Gasteiger partial charge in [-0.2, -0.15) is 0 Å². The van der Waals surface area contributed by atoms with Gasteiger partial charge in [0, 0.05) is 31.3 Å². The Bertz CT molecular complexity index is 401. The fourth-order valence-corrected chi connectivity index (χ4v) is 2.06. The predicted molar refractivity (Wildman–Crippen MR) is 68.4 cm³/mol. The summed E-state index contributed by atoms with van der Waals surface area (Å²) in [6.07, 6.45) is 0.858. The summed E-state index contributed by atoms with van der Waals surface area (Å²) in [6, 6.07) is 1.93. The highest BCUT2D eigenvalue weighted by Crippen LogP contribution is 2.21. The van der Waals surface area contributed by atoms with E-state index in [0.29, 0.717) is 0 Å². The Labute approximate surface area is 100 Å². The Morgan fingerprint density at radius 3 is 3.06 bits per heavy atom. The van der Waals surface area contributed by atoms with Gasteiger partial charge in [-0.15, -0.1) is 23.2 Å². The normalized spacial score (nSPS) is 9.38. The third kappa shape index (κ3) is 4.47. The van der Waals surface area contributed by atoms with Crippen LogP contribution in [0.25, 0.3) is 0 Å². The first kappa shape index (κ1) is 12.8. The van der Waals surface area contributed by atoms with E-state index in [0.717, 1.165) is 30.1 Å². The molecule has 0 bridgehead atoms. The summed E-state index contributed by atoms with van der Waals surface area (Å²) in [6.45, 7) is 5.01. The molecule has 4 heteroatoms. The summed E-state index contributed by atoms with van der Waals surface area (Å²) in [4.78, 5) is 12.1. The molecule has 1 heterocycles. The molecular weight excluding hydrogens is 220 g/mol. The van der Waals surface area contributed by atoms with Gasteiger partial charge >= 0.3 is 0 Å². The lowest BCUT2D eigenvalue weighted by Crippen LogP contribution is -2.15. The summed E-state index contributed by atoms with van der Waals surface area (Å²) in [7, 11) is 0. The fourth-order valence-electron chi connectivity index (χ4n) is 1.26. The average molecular weight is 236 g/mol. The SMILES string of the molecule is CC#CCCNCc1sccc1NC(C)=O. The summed E-state index contributed by atoms with van der Waals surface area (Å²) < 4.78 is 0. The highest BCUT2D eigenvalue weighted by atomic mass is 32.1. The second kappa shape index (κ2) is 7.04. The molecule has 0 aliphatic rings. The maximum Gasteiger partial charge on any atom is 0.221 e. The molecule has 0 unspecified atom stereocenters. The minimum atomic E-state index is -0.0310. The van der Waals surface area contributed by atoms with Crippen molar-refractivity contribution in [3.8, 4) is 11.8 Å². The van der Waals surface area contributed by atoms with Crippen molar-refractivity contribution < 1.29 is 4.79 Å². The molecule has 3 nitrogen and oxygen atoms in total. The van der Waals surface area contributed by atoms with E-state index in [2.05, 4.69) is 22.5 Å². The molecule has 0 fully saturated rings. The van der Waals surface area contributed by atoms with Crippen LogP contribution in [0.4, 0.5) is 5.69 Å². The van der Waals surface area contributed by atoms with Crippen molar-refractivity contribution in [1.29, 1.82) is 0 Å². The number of carbonyl (C=O) groups excluding carboxylic acids is 1. The van der Waals surface area contributed by atoms with E-state index in [1.54, 1.807) is 11.3 Å². The van der Waals surface area contributed by atoms with Crippen molar-refractivity contribution in [3.05, 3.63) is 16.3 Å². The molecule has 1 rings (SSSR count). The molecule has 2 N–H and O–H groups in total. The van der Waals surface area contributed by atoms with Crippen molar-refractivity contribution in [1.82, 2.24) is 5.32 Å². The lowest BCUT2D eigenvalue weighted by molar-refractivity contribution is -0.114. The second-order valence-corrected chi connectivity index (χ2v) is 4.29. The van der Waals surface area contributed by atoms with Crippen LogP contribution >= 0.6 is 11.3 Å². The zero-order valence-electron chi connectivity index (χ0n) is 9.59. The van der Waals surface area contributed by atoms with Gasteiger partial charge in [-0.05, 0) is 18.4 Å². The van der Waals surface area contributed by atoms with Gasteiger partial charge in [-0.3, -0.25) is 4.79 Å². The van der Waals surface area contributed by atoms with Crippen molar-refractivity contribution >= 4 is 22.9 Å². The molecule has 0 saturated heterocycles. The first-order chi connectivity index (χ1) is 7.74. The van der Waals surface area contributed by atoms with Crippen LogP contribution in [0.5, 0.6) is 0 Å². The molecule has 0 aliphatic carbocycles. The van der Waals surface area contributed by atoms with Crippen LogP contribution in [0.2, 0.25) is 0 Å². The Hall–Kier alpha value is -1.31. The highest BCUT2D eigenvalue weighted by molar-refractivity contribution is 7.10. The molecule has 16 heavy (non-hydrogen) atoms. The highest BCUT2D eigenvalue weighted by Gasteiger charge is 2.04. The molecule has 1 amide bonds. The van der Waals surface area contributed by atoms with Gasteiger partial charge in [0.1, 0.15) is 0 Å². The molecular formula is C12H16N2OS. The molecule has 0 atom stereocenters. The van der Waals surface area contributed by atoms with E-state index >= 15 is 0 Å². The number of hydrogen-bond acceptors (Lipinski definition) is 3. The quantitative estimate of drug-likeness (QED) is 0.608. The van der Waals surface area contributed by atoms with Crippen LogP contribution in [-0.4, -0.2) is 12.5 Å². The van der Waals surface area contributed by atoms with Gasteiger partial charge in [0.15, 0.2) is 0 Å². The van der Waals surface area contributed by atoms with Crippen LogP contribution in [-0.2, 0) is 11.3 Å². The van der Waals surface area contributed by atoms with Gasteiger partial charge < -0.3 is 10.6 Å². The van der Waals surface area contributed by atoms with E-state index in [1.807, 2.05) is 18.4 Å². The Morgan fingerprint density at radius 1 is 1.56 bits per heavy atom. The van der Waals surface area contributed by atoms with Gasteiger partial charge in [0.25, 0.3) is 0 Å². The van der Waals surface area contributed by atoms with Gasteiger partial charge in [-0.25, -0.2) is 0 Å². The molecule has 0 aromatic carbocycles. The van der Waals surface area contributed by atoms with Crippen molar-refractivity contribution in [3.63, 3.8) is 0 Å². The third-order valence-electron chi connectivity index (χ3n) is 1.95. The standard InChI is InChI=1S/C12H16N2OS/c1-3-4-5-7-13-9-12-11(6-8-16-12)14-10(2)15/h6,8,13H,5,7,9H2,1-2H3,(H,14,15). The van der Waals surface area contributed by atoms with Crippen LogP contribution in [0.15, 0.2) is 11.4 Å². The molecule has 0 aliphatic heterocycles. The van der Waals surface area contributed by atoms with Crippen LogP contribution in [0, 0.1) is 11.8 Å². The molecule has 0 radical (unpaired) electrons. The minimum Gasteiger partial charge on any atom is -0.325 e. The number of hydrogen-bond donors (Lipinski definition) is 2. The Kier molecular flexibility index (Phi) is 5.62. The van der Waals surface area contributed by atoms with Gasteiger partial charge in [-0.1, -0.05) is 0 Å². The number of carbonyl (C=O) groups is 1. The first-order valence-electron chi connectivity index (χ1n) is 5.18. The summed E-state index contributed by atoms with van der Waals surface area (Å²) >= 11 is 1.64. The van der Waals surface area contributed by atoms with Crippen molar-refractivity contribution in [2.24, 2.45) is 0 Å². The zero-order valence-corrected chi connectivity index (χ0v) is 10.4. The lowest BCUT2D eigenvalue weighted by atomic mass is 10.3. The van der Waals surface area contributed by atoms with E-state index in [9.17, 15) is 4.79 Å². The van der Waals surface area contributed by atoms with Gasteiger partial charge in [0.2, 0.25) is 5.91 Å². The molecule has 0 saturated carbocycles. The molecule has 1 aromatic heterocycles. The third-order valence-corrected chi connectivity index (χ3v) is 2.87. The lowest BCUT2D eigenvalue weighted by Gasteiger charge is -2.04. The maximum absolute atomic E-state index is 10.9. The summed E-state index contributed by atoms with van der Waals surface area (Å²) in [5.74, 6) is 5.82. The van der Waals surface area contributed by atoms with Crippen LogP contribution in [0.3, 0.4) is 0 Å². The van der Waals surface area contributed by atoms with E-state index in [-0.39, 0.29) is 5.91 Å². The molecule has 0 spiro atoms. The Morgan fingerprint density at radius 2 is 2.38 bits per heavy atom. The number of rotatable bonds is 5. The number of thiophene rings is 1. The van der Waals surface area contributed by atoms with Crippen molar-refractivity contribution in [2.75, 3.05) is 11.9 Å². The molecule has 86 valence electrons. The topological polar surface area (TPSA) is 41.1 Å². The van der Waals surface area contributed by atoms with E-state index in [4.69, 9.17) is 0 Å². The number of amides is 1. The van der Waals surface area contributed by atoms with Crippen molar-refractivity contribution in [2.45, 2.75) is 26.8 Å². The first-order valence-corrected chi connectivity index (χ1v) is 6.06. The van der Waals surface area contributed by atoms with E-state index < -0.39 is 0 Å². The monoisotopic (exact) mass is 236 g/mol. The predicted octanol–water partition coefficient (Wildman–Crippen LogP) is 2.21. The summed E-state index contributed by atoms with van der Waals surface area (Å²) in [5, 5.41) is 8.08. The Balaban J connectivity index is 2.37. The maximum atomic E-state index is 10.9. The largest absolute Gasteiger partial charge is 0.325 e. The smallest absolute Gasteiger partial charge is 0.221 e. The summed E-state index contributed by atoms with van der Waals surface area (Å²) in [5.41, 5.74) is 0.909. The number of anilines is 1. The van der Waals surface area contributed by atoms with Crippen LogP contribution < -0.4 is 10.6 Å². The number of nitrogens with one attached hydrogen (secondary N) is 2. The molecule has 1 aromatic rings. The minimum absolute atomic E-state index is 0.0310. The zero-order chi connectivity index (χ0) is 11.8. The van der Waals surface area contributed by atoms with E-state index in [1.165, 1.54) is 6.92 Å². The van der Waals surface area contributed by atoms with Gasteiger partial charge in [0.05, 0.1) is 5.69 Å². The second-order valence-electron chi connectivity index (χ2n) is 3.29. The van der Waals surface area contributed by atoms with Crippen LogP contribution in [0.1, 0.15) is 25.1 Å². The fraction of sp³-hybridized carbons (Fsp3) is 0.417. The average Bonchev–Trinajstić information content (AvgIpc) is 2.64.